The van der Waals surface area contributed by atoms with Gasteiger partial charge < -0.3 is 10.6 Å². The summed E-state index contributed by atoms with van der Waals surface area (Å²) >= 11 is 6.12. The molecule has 0 unspecified atom stereocenters. The second kappa shape index (κ2) is 7.35. The summed E-state index contributed by atoms with van der Waals surface area (Å²) in [5.74, 6) is 0.182. The Morgan fingerprint density at radius 3 is 2.52 bits per heavy atom. The van der Waals surface area contributed by atoms with Crippen molar-refractivity contribution in [3.05, 3.63) is 70.2 Å². The van der Waals surface area contributed by atoms with Gasteiger partial charge in [0.15, 0.2) is 0 Å². The quantitative estimate of drug-likeness (QED) is 0.898. The van der Waals surface area contributed by atoms with Gasteiger partial charge in [-0.3, -0.25) is 4.79 Å². The number of nitrogens with two attached hydrogens (primary N) is 1. The molecule has 23 heavy (non-hydrogen) atoms. The molecular formula is C18H20Cl2N2O. The van der Waals surface area contributed by atoms with Crippen LogP contribution in [-0.4, -0.2) is 29.9 Å². The van der Waals surface area contributed by atoms with Crippen molar-refractivity contribution in [3.8, 4) is 0 Å². The molecule has 122 valence electrons. The van der Waals surface area contributed by atoms with Gasteiger partial charge in [0.25, 0.3) is 5.91 Å². The third-order valence-corrected chi connectivity index (χ3v) is 4.71. The number of rotatable bonds is 2. The maximum Gasteiger partial charge on any atom is 0.253 e. The lowest BCUT2D eigenvalue weighted by atomic mass is 9.95. The molecule has 2 aromatic carbocycles. The zero-order chi connectivity index (χ0) is 15.7. The summed E-state index contributed by atoms with van der Waals surface area (Å²) in [6.07, 6.45) is 0. The molecule has 1 amide bonds. The maximum atomic E-state index is 12.6. The van der Waals surface area contributed by atoms with Gasteiger partial charge in [0, 0.05) is 35.6 Å². The van der Waals surface area contributed by atoms with Crippen LogP contribution in [-0.2, 0) is 0 Å². The molecule has 0 radical (unpaired) electrons. The Labute approximate surface area is 147 Å². The minimum absolute atomic E-state index is 0. The van der Waals surface area contributed by atoms with Gasteiger partial charge in [-0.1, -0.05) is 48.0 Å². The molecule has 1 heterocycles. The van der Waals surface area contributed by atoms with E-state index in [1.807, 2.05) is 42.2 Å². The van der Waals surface area contributed by atoms with Gasteiger partial charge >= 0.3 is 0 Å². The first-order valence-corrected chi connectivity index (χ1v) is 7.80. The first kappa shape index (κ1) is 17.8. The zero-order valence-electron chi connectivity index (χ0n) is 12.9. The van der Waals surface area contributed by atoms with Crippen LogP contribution in [0.5, 0.6) is 0 Å². The van der Waals surface area contributed by atoms with Gasteiger partial charge in [-0.05, 0) is 30.2 Å². The largest absolute Gasteiger partial charge is 0.336 e. The Bertz CT molecular complexity index is 691. The van der Waals surface area contributed by atoms with E-state index in [1.165, 1.54) is 5.56 Å². The predicted molar refractivity (Wildman–Crippen MR) is 96.5 cm³/mol. The molecule has 3 rings (SSSR count). The number of nitrogens with zero attached hydrogens (tertiary/aromatic N) is 1. The van der Waals surface area contributed by atoms with Crippen LogP contribution in [0.2, 0.25) is 5.02 Å². The van der Waals surface area contributed by atoms with E-state index in [-0.39, 0.29) is 30.3 Å². The lowest BCUT2D eigenvalue weighted by Crippen LogP contribution is -2.32. The number of halogens is 2. The van der Waals surface area contributed by atoms with Crippen LogP contribution in [0.15, 0.2) is 48.5 Å². The fraction of sp³-hybridized carbons (Fsp3) is 0.278. The van der Waals surface area contributed by atoms with E-state index in [9.17, 15) is 4.79 Å². The standard InChI is InChI=1S/C18H19ClN2O.ClH/c1-12-7-8-14(9-16(12)19)18(22)21-10-15(17(20)11-21)13-5-3-2-4-6-13;/h2-9,15,17H,10-11,20H2,1H3;1H/t15-,17+;/m0./s1. The van der Waals surface area contributed by atoms with Crippen molar-refractivity contribution in [1.82, 2.24) is 4.90 Å². The molecule has 0 saturated carbocycles. The normalized spacial score (nSPS) is 20.2. The molecule has 0 bridgehead atoms. The number of hydrogen-bond donors (Lipinski definition) is 1. The molecule has 2 aromatic rings. The molecule has 0 aliphatic carbocycles. The summed E-state index contributed by atoms with van der Waals surface area (Å²) in [7, 11) is 0. The summed E-state index contributed by atoms with van der Waals surface area (Å²) in [5, 5.41) is 0.619. The zero-order valence-corrected chi connectivity index (χ0v) is 14.5. The summed E-state index contributed by atoms with van der Waals surface area (Å²) < 4.78 is 0. The number of amides is 1. The van der Waals surface area contributed by atoms with Gasteiger partial charge in [-0.25, -0.2) is 0 Å². The maximum absolute atomic E-state index is 12.6. The van der Waals surface area contributed by atoms with E-state index in [0.29, 0.717) is 23.7 Å². The second-order valence-corrected chi connectivity index (χ2v) is 6.26. The molecular weight excluding hydrogens is 331 g/mol. The van der Waals surface area contributed by atoms with E-state index in [1.54, 1.807) is 6.07 Å². The summed E-state index contributed by atoms with van der Waals surface area (Å²) in [6.45, 7) is 3.15. The molecule has 3 nitrogen and oxygen atoms in total. The molecule has 1 aliphatic heterocycles. The highest BCUT2D eigenvalue weighted by atomic mass is 35.5. The molecule has 1 fully saturated rings. The summed E-state index contributed by atoms with van der Waals surface area (Å²) in [6, 6.07) is 15.5. The van der Waals surface area contributed by atoms with Crippen LogP contribution in [0.1, 0.15) is 27.4 Å². The van der Waals surface area contributed by atoms with Crippen molar-refractivity contribution in [2.75, 3.05) is 13.1 Å². The second-order valence-electron chi connectivity index (χ2n) is 5.86. The number of benzene rings is 2. The minimum Gasteiger partial charge on any atom is -0.336 e. The highest BCUT2D eigenvalue weighted by molar-refractivity contribution is 6.31. The van der Waals surface area contributed by atoms with Crippen LogP contribution in [0.3, 0.4) is 0 Å². The molecule has 0 spiro atoms. The first-order chi connectivity index (χ1) is 10.6. The van der Waals surface area contributed by atoms with Crippen molar-refractivity contribution >= 4 is 29.9 Å². The van der Waals surface area contributed by atoms with E-state index in [2.05, 4.69) is 12.1 Å². The highest BCUT2D eigenvalue weighted by Gasteiger charge is 2.34. The van der Waals surface area contributed by atoms with E-state index in [0.717, 1.165) is 5.56 Å². The van der Waals surface area contributed by atoms with Crippen LogP contribution >= 0.6 is 24.0 Å². The SMILES string of the molecule is Cc1ccc(C(=O)N2C[C@@H](N)[C@H](c3ccccc3)C2)cc1Cl.Cl. The van der Waals surface area contributed by atoms with Crippen LogP contribution < -0.4 is 5.73 Å². The van der Waals surface area contributed by atoms with Gasteiger partial charge in [-0.2, -0.15) is 0 Å². The Balaban J connectivity index is 0.00000192. The van der Waals surface area contributed by atoms with Gasteiger partial charge in [-0.15, -0.1) is 12.4 Å². The Kier molecular flexibility index (Phi) is 5.69. The lowest BCUT2D eigenvalue weighted by molar-refractivity contribution is 0.0789. The summed E-state index contributed by atoms with van der Waals surface area (Å²) in [5.41, 5.74) is 9.03. The lowest BCUT2D eigenvalue weighted by Gasteiger charge is -2.17. The third kappa shape index (κ3) is 3.69. The number of hydrogen-bond acceptors (Lipinski definition) is 2. The average Bonchev–Trinajstić information content (AvgIpc) is 2.92. The molecule has 1 aliphatic rings. The molecule has 0 aromatic heterocycles. The average molecular weight is 351 g/mol. The molecule has 1 saturated heterocycles. The third-order valence-electron chi connectivity index (χ3n) is 4.30. The molecule has 2 atom stereocenters. The highest BCUT2D eigenvalue weighted by Crippen LogP contribution is 2.28. The van der Waals surface area contributed by atoms with Crippen molar-refractivity contribution in [1.29, 1.82) is 0 Å². The minimum atomic E-state index is -0.0349. The number of aryl methyl sites for hydroxylation is 1. The smallest absolute Gasteiger partial charge is 0.253 e. The fourth-order valence-electron chi connectivity index (χ4n) is 2.96. The topological polar surface area (TPSA) is 46.3 Å². The molecule has 2 N–H and O–H groups in total. The van der Waals surface area contributed by atoms with Crippen LogP contribution in [0.25, 0.3) is 0 Å². The number of carbonyl (C=O) groups excluding carboxylic acids is 1. The first-order valence-electron chi connectivity index (χ1n) is 7.42. The predicted octanol–water partition coefficient (Wildman–Crippen LogP) is 3.64. The van der Waals surface area contributed by atoms with E-state index >= 15 is 0 Å². The van der Waals surface area contributed by atoms with Crippen molar-refractivity contribution in [3.63, 3.8) is 0 Å². The summed E-state index contributed by atoms with van der Waals surface area (Å²) in [4.78, 5) is 14.5. The van der Waals surface area contributed by atoms with E-state index in [4.69, 9.17) is 17.3 Å². The van der Waals surface area contributed by atoms with Gasteiger partial charge in [0.2, 0.25) is 0 Å². The van der Waals surface area contributed by atoms with Crippen molar-refractivity contribution in [2.24, 2.45) is 5.73 Å². The van der Waals surface area contributed by atoms with E-state index < -0.39 is 0 Å². The Morgan fingerprint density at radius 1 is 1.17 bits per heavy atom. The van der Waals surface area contributed by atoms with Crippen molar-refractivity contribution < 1.29 is 4.79 Å². The number of likely N-dealkylation sites (tertiary alicyclic amines) is 1. The Morgan fingerprint density at radius 2 is 1.87 bits per heavy atom. The van der Waals surface area contributed by atoms with Crippen LogP contribution in [0, 0.1) is 6.92 Å². The Hall–Kier alpha value is -1.55. The number of carbonyl (C=O) groups is 1. The van der Waals surface area contributed by atoms with Crippen molar-refractivity contribution in [2.45, 2.75) is 18.9 Å². The fourth-order valence-corrected chi connectivity index (χ4v) is 3.14. The molecule has 5 heteroatoms. The van der Waals surface area contributed by atoms with Crippen LogP contribution in [0.4, 0.5) is 0 Å². The van der Waals surface area contributed by atoms with Gasteiger partial charge in [0.1, 0.15) is 0 Å². The monoisotopic (exact) mass is 350 g/mol. The van der Waals surface area contributed by atoms with Gasteiger partial charge in [0.05, 0.1) is 0 Å².